The number of aromatic nitrogens is 2. The summed E-state index contributed by atoms with van der Waals surface area (Å²) in [5.74, 6) is 0.635. The lowest BCUT2D eigenvalue weighted by molar-refractivity contribution is 0.760. The molecule has 0 aliphatic rings. The zero-order valence-corrected chi connectivity index (χ0v) is 19.2. The zero-order valence-electron chi connectivity index (χ0n) is 18.4. The highest BCUT2D eigenvalue weighted by Gasteiger charge is 2.20. The molecule has 4 nitrogen and oxygen atoms in total. The van der Waals surface area contributed by atoms with E-state index in [2.05, 4.69) is 6.07 Å². The van der Waals surface area contributed by atoms with Crippen molar-refractivity contribution >= 4 is 21.6 Å². The van der Waals surface area contributed by atoms with E-state index in [1.165, 1.54) is 0 Å². The number of rotatable bonds is 4. The summed E-state index contributed by atoms with van der Waals surface area (Å²) < 4.78 is 1.74. The van der Waals surface area contributed by atoms with Crippen LogP contribution in [-0.4, -0.2) is 9.55 Å². The van der Waals surface area contributed by atoms with Crippen molar-refractivity contribution in [1.82, 2.24) is 9.55 Å². The normalized spacial score (nSPS) is 10.9. The number of aryl methyl sites for hydroxylation is 2. The van der Waals surface area contributed by atoms with Gasteiger partial charge in [-0.15, -0.1) is 11.3 Å². The van der Waals surface area contributed by atoms with Crippen molar-refractivity contribution in [2.24, 2.45) is 0 Å². The Morgan fingerprint density at radius 3 is 2.42 bits per heavy atom. The predicted octanol–water partition coefficient (Wildman–Crippen LogP) is 6.33. The van der Waals surface area contributed by atoms with Gasteiger partial charge >= 0.3 is 0 Å². The molecule has 5 aromatic rings. The first-order chi connectivity index (χ1) is 16.0. The summed E-state index contributed by atoms with van der Waals surface area (Å²) in [5.41, 5.74) is 5.39. The summed E-state index contributed by atoms with van der Waals surface area (Å²) >= 11 is 1.55. The smallest absolute Gasteiger partial charge is 0.263 e. The van der Waals surface area contributed by atoms with Gasteiger partial charge in [-0.25, -0.2) is 4.98 Å². The largest absolute Gasteiger partial charge is 0.288 e. The van der Waals surface area contributed by atoms with Crippen molar-refractivity contribution in [1.29, 1.82) is 5.26 Å². The van der Waals surface area contributed by atoms with Gasteiger partial charge in [0.15, 0.2) is 0 Å². The van der Waals surface area contributed by atoms with E-state index in [1.54, 1.807) is 22.0 Å². The van der Waals surface area contributed by atoms with Gasteiger partial charge in [-0.2, -0.15) is 5.26 Å². The van der Waals surface area contributed by atoms with Crippen molar-refractivity contribution < 1.29 is 0 Å². The molecule has 0 bridgehead atoms. The lowest BCUT2D eigenvalue weighted by Gasteiger charge is -2.14. The molecule has 0 spiro atoms. The van der Waals surface area contributed by atoms with Crippen LogP contribution in [0.1, 0.15) is 21.6 Å². The Kier molecular flexibility index (Phi) is 5.37. The van der Waals surface area contributed by atoms with Gasteiger partial charge in [0.05, 0.1) is 23.6 Å². The first-order valence-electron chi connectivity index (χ1n) is 10.7. The van der Waals surface area contributed by atoms with Crippen LogP contribution >= 0.6 is 11.3 Å². The highest BCUT2D eigenvalue weighted by Crippen LogP contribution is 2.36. The number of hydrogen-bond donors (Lipinski definition) is 0. The molecular weight excluding hydrogens is 426 g/mol. The molecule has 2 aromatic heterocycles. The van der Waals surface area contributed by atoms with Crippen LogP contribution < -0.4 is 5.56 Å². The summed E-state index contributed by atoms with van der Waals surface area (Å²) in [4.78, 5) is 20.8. The highest BCUT2D eigenvalue weighted by molar-refractivity contribution is 7.19. The van der Waals surface area contributed by atoms with Gasteiger partial charge in [0, 0.05) is 16.0 Å². The number of nitrogens with zero attached hydrogens (tertiary/aromatic N) is 3. The third-order valence-corrected chi connectivity index (χ3v) is 6.76. The van der Waals surface area contributed by atoms with Crippen LogP contribution in [0.5, 0.6) is 0 Å². The van der Waals surface area contributed by atoms with Crippen molar-refractivity contribution in [2.75, 3.05) is 0 Å². The number of hydrogen-bond acceptors (Lipinski definition) is 4. The van der Waals surface area contributed by atoms with Gasteiger partial charge in [-0.05, 0) is 37.1 Å². The van der Waals surface area contributed by atoms with Crippen molar-refractivity contribution in [3.05, 3.63) is 111 Å². The van der Waals surface area contributed by atoms with E-state index in [9.17, 15) is 10.1 Å². The SMILES string of the molecule is Cc1ccc(-c2nc3sc(C)c(-c4ccccc4)c3c(=O)n2Cc2cccc(C#N)c2)cc1. The molecule has 0 N–H and O–H groups in total. The topological polar surface area (TPSA) is 58.7 Å². The second-order valence-electron chi connectivity index (χ2n) is 8.08. The molecule has 0 radical (unpaired) electrons. The van der Waals surface area contributed by atoms with E-state index in [0.29, 0.717) is 23.3 Å². The van der Waals surface area contributed by atoms with Crippen molar-refractivity contribution in [3.63, 3.8) is 0 Å². The molecule has 0 atom stereocenters. The van der Waals surface area contributed by atoms with Gasteiger partial charge in [0.2, 0.25) is 0 Å². The number of benzene rings is 3. The third kappa shape index (κ3) is 3.86. The van der Waals surface area contributed by atoms with Crippen molar-refractivity contribution in [2.45, 2.75) is 20.4 Å². The van der Waals surface area contributed by atoms with Crippen LogP contribution in [0.2, 0.25) is 0 Å². The number of nitriles is 1. The monoisotopic (exact) mass is 447 g/mol. The van der Waals surface area contributed by atoms with Gasteiger partial charge in [0.25, 0.3) is 5.56 Å². The fraction of sp³-hybridized carbons (Fsp3) is 0.107. The average Bonchev–Trinajstić information content (AvgIpc) is 3.18. The average molecular weight is 448 g/mol. The zero-order chi connectivity index (χ0) is 22.9. The Labute approximate surface area is 196 Å². The minimum absolute atomic E-state index is 0.0684. The standard InChI is InChI=1S/C28H21N3OS/c1-18-11-13-23(14-12-18)26-30-27-25(24(19(2)33-27)22-9-4-3-5-10-22)28(32)31(26)17-21-8-6-7-20(15-21)16-29/h3-15H,17H2,1-2H3. The Morgan fingerprint density at radius 2 is 1.70 bits per heavy atom. The quantitative estimate of drug-likeness (QED) is 0.323. The van der Waals surface area contributed by atoms with Crippen LogP contribution in [0.3, 0.4) is 0 Å². The van der Waals surface area contributed by atoms with Crippen LogP contribution in [0.25, 0.3) is 32.7 Å². The van der Waals surface area contributed by atoms with Gasteiger partial charge in [-0.1, -0.05) is 72.3 Å². The van der Waals surface area contributed by atoms with E-state index in [4.69, 9.17) is 4.98 Å². The molecule has 0 aliphatic heterocycles. The molecule has 0 amide bonds. The molecule has 33 heavy (non-hydrogen) atoms. The third-order valence-electron chi connectivity index (χ3n) is 5.76. The Bertz CT molecular complexity index is 1570. The Morgan fingerprint density at radius 1 is 0.939 bits per heavy atom. The van der Waals surface area contributed by atoms with Gasteiger partial charge in [-0.3, -0.25) is 9.36 Å². The summed E-state index contributed by atoms with van der Waals surface area (Å²) in [6, 6.07) is 27.6. The first-order valence-corrected chi connectivity index (χ1v) is 11.5. The van der Waals surface area contributed by atoms with Crippen molar-refractivity contribution in [3.8, 4) is 28.6 Å². The minimum Gasteiger partial charge on any atom is -0.288 e. The summed E-state index contributed by atoms with van der Waals surface area (Å²) in [7, 11) is 0. The molecule has 160 valence electrons. The molecule has 0 saturated heterocycles. The molecule has 5 rings (SSSR count). The number of fused-ring (bicyclic) bond motifs is 1. The minimum atomic E-state index is -0.0684. The lowest BCUT2D eigenvalue weighted by Crippen LogP contribution is -2.24. The van der Waals surface area contributed by atoms with E-state index >= 15 is 0 Å². The molecule has 0 fully saturated rings. The second kappa shape index (κ2) is 8.50. The Balaban J connectivity index is 1.80. The Hall–Kier alpha value is -4.01. The van der Waals surface area contributed by atoms with E-state index in [-0.39, 0.29) is 5.56 Å². The molecule has 5 heteroatoms. The lowest BCUT2D eigenvalue weighted by atomic mass is 10.0. The van der Waals surface area contributed by atoms with E-state index < -0.39 is 0 Å². The van der Waals surface area contributed by atoms with Crippen LogP contribution in [0.15, 0.2) is 83.7 Å². The van der Waals surface area contributed by atoms with Crippen LogP contribution in [-0.2, 0) is 6.54 Å². The van der Waals surface area contributed by atoms with Crippen LogP contribution in [0, 0.1) is 25.2 Å². The van der Waals surface area contributed by atoms with Gasteiger partial charge in [0.1, 0.15) is 10.7 Å². The summed E-state index contributed by atoms with van der Waals surface area (Å²) in [6.45, 7) is 4.42. The first kappa shape index (κ1) is 20.9. The number of thiophene rings is 1. The highest BCUT2D eigenvalue weighted by atomic mass is 32.1. The van der Waals surface area contributed by atoms with E-state index in [0.717, 1.165) is 37.5 Å². The summed E-state index contributed by atoms with van der Waals surface area (Å²) in [6.07, 6.45) is 0. The fourth-order valence-electron chi connectivity index (χ4n) is 4.14. The summed E-state index contributed by atoms with van der Waals surface area (Å²) in [5, 5.41) is 9.97. The van der Waals surface area contributed by atoms with E-state index in [1.807, 2.05) is 86.6 Å². The molecular formula is C28H21N3OS. The predicted molar refractivity (Wildman–Crippen MR) is 134 cm³/mol. The fourth-order valence-corrected chi connectivity index (χ4v) is 5.17. The molecule has 3 aromatic carbocycles. The second-order valence-corrected chi connectivity index (χ2v) is 9.29. The maximum atomic E-state index is 14.0. The van der Waals surface area contributed by atoms with Crippen LogP contribution in [0.4, 0.5) is 0 Å². The molecule has 0 unspecified atom stereocenters. The molecule has 0 saturated carbocycles. The maximum absolute atomic E-state index is 14.0. The maximum Gasteiger partial charge on any atom is 0.263 e. The van der Waals surface area contributed by atoms with Gasteiger partial charge < -0.3 is 0 Å². The molecule has 2 heterocycles. The molecule has 0 aliphatic carbocycles.